The van der Waals surface area contributed by atoms with Crippen LogP contribution >= 0.6 is 11.8 Å². The van der Waals surface area contributed by atoms with Crippen molar-refractivity contribution in [3.8, 4) is 0 Å². The van der Waals surface area contributed by atoms with E-state index in [-0.39, 0.29) is 17.6 Å². The smallest absolute Gasteiger partial charge is 0.319 e. The second kappa shape index (κ2) is 9.38. The van der Waals surface area contributed by atoms with Gasteiger partial charge in [-0.1, -0.05) is 6.07 Å². The highest BCUT2D eigenvalue weighted by Crippen LogP contribution is 2.20. The van der Waals surface area contributed by atoms with Crippen molar-refractivity contribution in [3.63, 3.8) is 0 Å². The highest BCUT2D eigenvalue weighted by molar-refractivity contribution is 7.98. The molecule has 0 spiro atoms. The predicted molar refractivity (Wildman–Crippen MR) is 125 cm³/mol. The van der Waals surface area contributed by atoms with Crippen LogP contribution in [0.4, 0.5) is 16.3 Å². The highest BCUT2D eigenvalue weighted by Gasteiger charge is 2.24. The predicted octanol–water partition coefficient (Wildman–Crippen LogP) is 3.32. The number of benzene rings is 1. The van der Waals surface area contributed by atoms with Gasteiger partial charge in [-0.05, 0) is 56.4 Å². The Morgan fingerprint density at radius 3 is 2.77 bits per heavy atom. The molecule has 1 saturated heterocycles. The van der Waals surface area contributed by atoms with Gasteiger partial charge in [0, 0.05) is 42.5 Å². The molecule has 1 aromatic carbocycles. The Morgan fingerprint density at radius 1 is 1.23 bits per heavy atom. The molecule has 0 aliphatic carbocycles. The van der Waals surface area contributed by atoms with E-state index in [4.69, 9.17) is 0 Å². The van der Waals surface area contributed by atoms with Gasteiger partial charge in [0.15, 0.2) is 11.5 Å². The third-order valence-corrected chi connectivity index (χ3v) is 6.18. The number of nitrogens with zero attached hydrogens (tertiary/aromatic N) is 4. The average Bonchev–Trinajstić information content (AvgIpc) is 2.79. The van der Waals surface area contributed by atoms with Gasteiger partial charge in [-0.3, -0.25) is 9.36 Å². The minimum absolute atomic E-state index is 0.0514. The number of rotatable bonds is 5. The van der Waals surface area contributed by atoms with Gasteiger partial charge in [0.2, 0.25) is 0 Å². The van der Waals surface area contributed by atoms with Crippen molar-refractivity contribution in [1.29, 1.82) is 0 Å². The summed E-state index contributed by atoms with van der Waals surface area (Å²) in [6.07, 6.45) is 5.17. The molecular weight excluding hydrogens is 412 g/mol. The number of aromatic nitrogens is 3. The molecule has 9 heteroatoms. The Labute approximate surface area is 185 Å². The Morgan fingerprint density at radius 2 is 2.03 bits per heavy atom. The van der Waals surface area contributed by atoms with Crippen molar-refractivity contribution in [2.45, 2.75) is 37.2 Å². The van der Waals surface area contributed by atoms with E-state index in [1.807, 2.05) is 54.5 Å². The lowest BCUT2D eigenvalue weighted by atomic mass is 10.1. The maximum Gasteiger partial charge on any atom is 0.319 e. The second-order valence-electron chi connectivity index (χ2n) is 7.42. The Hall–Kier alpha value is -3.07. The molecule has 2 N–H and O–H groups in total. The van der Waals surface area contributed by atoms with Crippen molar-refractivity contribution in [3.05, 3.63) is 52.9 Å². The number of amides is 2. The number of carbonyl (C=O) groups excluding carboxylic acids is 1. The molecule has 1 fully saturated rings. The minimum atomic E-state index is -0.208. The fourth-order valence-electron chi connectivity index (χ4n) is 3.85. The first kappa shape index (κ1) is 21.2. The first-order valence-electron chi connectivity index (χ1n) is 10.4. The number of piperidine rings is 1. The van der Waals surface area contributed by atoms with Gasteiger partial charge in [0.1, 0.15) is 5.52 Å². The molecule has 0 radical (unpaired) electrons. The molecule has 1 aliphatic heterocycles. The number of hydrogen-bond acceptors (Lipinski definition) is 6. The van der Waals surface area contributed by atoms with Gasteiger partial charge in [-0.15, -0.1) is 11.8 Å². The molecule has 8 nitrogen and oxygen atoms in total. The molecule has 162 valence electrons. The van der Waals surface area contributed by atoms with Crippen LogP contribution in [0.15, 0.2) is 52.3 Å². The van der Waals surface area contributed by atoms with Crippen LogP contribution in [0.25, 0.3) is 11.2 Å². The van der Waals surface area contributed by atoms with Crippen LogP contribution in [0.5, 0.6) is 0 Å². The zero-order valence-electron chi connectivity index (χ0n) is 17.7. The SMILES string of the molecule is CCn1c(=O)c(N2CCC(NC(=O)Nc3cccc(SC)c3)CC2)nc2cccnc21. The normalized spacial score (nSPS) is 14.6. The largest absolute Gasteiger partial charge is 0.352 e. The van der Waals surface area contributed by atoms with E-state index in [2.05, 4.69) is 20.6 Å². The lowest BCUT2D eigenvalue weighted by Crippen LogP contribution is -2.47. The monoisotopic (exact) mass is 438 g/mol. The van der Waals surface area contributed by atoms with Crippen molar-refractivity contribution in [2.75, 3.05) is 29.6 Å². The zero-order valence-corrected chi connectivity index (χ0v) is 18.5. The van der Waals surface area contributed by atoms with Crippen molar-refractivity contribution < 1.29 is 4.79 Å². The highest BCUT2D eigenvalue weighted by atomic mass is 32.2. The summed E-state index contributed by atoms with van der Waals surface area (Å²) in [5.41, 5.74) is 1.98. The maximum absolute atomic E-state index is 13.0. The third-order valence-electron chi connectivity index (χ3n) is 5.46. The van der Waals surface area contributed by atoms with Gasteiger partial charge >= 0.3 is 6.03 Å². The first-order valence-corrected chi connectivity index (χ1v) is 11.6. The van der Waals surface area contributed by atoms with Crippen molar-refractivity contribution in [1.82, 2.24) is 19.9 Å². The van der Waals surface area contributed by atoms with E-state index in [1.165, 1.54) is 0 Å². The van der Waals surface area contributed by atoms with Crippen LogP contribution in [0.3, 0.4) is 0 Å². The van der Waals surface area contributed by atoms with Crippen molar-refractivity contribution >= 4 is 40.5 Å². The summed E-state index contributed by atoms with van der Waals surface area (Å²) < 4.78 is 1.66. The van der Waals surface area contributed by atoms with Gasteiger partial charge < -0.3 is 15.5 Å². The number of aryl methyl sites for hydroxylation is 1. The van der Waals surface area contributed by atoms with Crippen LogP contribution in [0.2, 0.25) is 0 Å². The molecule has 0 bridgehead atoms. The lowest BCUT2D eigenvalue weighted by molar-refractivity contribution is 0.246. The quantitative estimate of drug-likeness (QED) is 0.594. The molecule has 31 heavy (non-hydrogen) atoms. The summed E-state index contributed by atoms with van der Waals surface area (Å²) in [6, 6.07) is 11.3. The molecule has 3 aromatic rings. The van der Waals surface area contributed by atoms with E-state index >= 15 is 0 Å². The van der Waals surface area contributed by atoms with E-state index < -0.39 is 0 Å². The second-order valence-corrected chi connectivity index (χ2v) is 8.30. The number of urea groups is 1. The molecule has 1 aliphatic rings. The van der Waals surface area contributed by atoms with Gasteiger partial charge in [-0.2, -0.15) is 0 Å². The van der Waals surface area contributed by atoms with Crippen LogP contribution in [-0.4, -0.2) is 46.0 Å². The van der Waals surface area contributed by atoms with Gasteiger partial charge in [0.25, 0.3) is 5.56 Å². The van der Waals surface area contributed by atoms with Crippen molar-refractivity contribution in [2.24, 2.45) is 0 Å². The fraction of sp³-hybridized carbons (Fsp3) is 0.364. The van der Waals surface area contributed by atoms with Crippen LogP contribution in [0.1, 0.15) is 19.8 Å². The summed E-state index contributed by atoms with van der Waals surface area (Å²) in [4.78, 5) is 37.4. The number of fused-ring (bicyclic) bond motifs is 1. The Kier molecular flexibility index (Phi) is 6.41. The van der Waals surface area contributed by atoms with Gasteiger partial charge in [-0.25, -0.2) is 14.8 Å². The summed E-state index contributed by atoms with van der Waals surface area (Å²) in [7, 11) is 0. The van der Waals surface area contributed by atoms with E-state index in [9.17, 15) is 9.59 Å². The number of hydrogen-bond donors (Lipinski definition) is 2. The molecule has 2 amide bonds. The zero-order chi connectivity index (χ0) is 21.8. The average molecular weight is 439 g/mol. The van der Waals surface area contributed by atoms with E-state index in [1.54, 1.807) is 22.5 Å². The summed E-state index contributed by atoms with van der Waals surface area (Å²) in [5.74, 6) is 0.458. The topological polar surface area (TPSA) is 92.2 Å². The Balaban J connectivity index is 1.40. The maximum atomic E-state index is 13.0. The number of nitrogens with one attached hydrogen (secondary N) is 2. The van der Waals surface area contributed by atoms with Crippen LogP contribution < -0.4 is 21.1 Å². The first-order chi connectivity index (χ1) is 15.1. The fourth-order valence-corrected chi connectivity index (χ4v) is 4.31. The molecule has 0 atom stereocenters. The molecule has 4 rings (SSSR count). The minimum Gasteiger partial charge on any atom is -0.352 e. The van der Waals surface area contributed by atoms with Gasteiger partial charge in [0.05, 0.1) is 0 Å². The summed E-state index contributed by atoms with van der Waals surface area (Å²) in [5, 5.41) is 5.95. The molecule has 3 heterocycles. The molecule has 2 aromatic heterocycles. The summed E-state index contributed by atoms with van der Waals surface area (Å²) in [6.45, 7) is 3.79. The molecule has 0 saturated carbocycles. The van der Waals surface area contributed by atoms with E-state index in [0.29, 0.717) is 36.6 Å². The number of pyridine rings is 1. The molecule has 0 unspecified atom stereocenters. The van der Waals surface area contributed by atoms with Crippen LogP contribution in [0, 0.1) is 0 Å². The number of thioether (sulfide) groups is 1. The standard InChI is InChI=1S/C22H26N6O2S/c1-3-28-19-18(8-5-11-23-19)26-20(21(28)29)27-12-9-15(10-13-27)24-22(30)25-16-6-4-7-17(14-16)31-2/h4-8,11,14-15H,3,9-10,12-13H2,1-2H3,(H2,24,25,30). The summed E-state index contributed by atoms with van der Waals surface area (Å²) >= 11 is 1.63. The van der Waals surface area contributed by atoms with Crippen LogP contribution in [-0.2, 0) is 6.54 Å². The molecular formula is C22H26N6O2S. The Bertz CT molecular complexity index is 1140. The number of anilines is 2. The third kappa shape index (κ3) is 4.66. The number of carbonyl (C=O) groups is 1. The van der Waals surface area contributed by atoms with E-state index in [0.717, 1.165) is 23.4 Å². The lowest BCUT2D eigenvalue weighted by Gasteiger charge is -2.33.